The molecule has 0 saturated carbocycles. The van der Waals surface area contributed by atoms with E-state index in [4.69, 9.17) is 4.42 Å². The van der Waals surface area contributed by atoms with Crippen molar-refractivity contribution < 1.29 is 9.21 Å². The van der Waals surface area contributed by atoms with E-state index in [1.807, 2.05) is 31.2 Å². The monoisotopic (exact) mass is 365 g/mol. The molecule has 2 aromatic heterocycles. The van der Waals surface area contributed by atoms with E-state index in [1.54, 1.807) is 0 Å². The first-order chi connectivity index (χ1) is 13.1. The van der Waals surface area contributed by atoms with Gasteiger partial charge in [0.2, 0.25) is 0 Å². The van der Waals surface area contributed by atoms with E-state index in [2.05, 4.69) is 33.8 Å². The molecule has 1 aliphatic heterocycles. The van der Waals surface area contributed by atoms with Gasteiger partial charge in [-0.15, -0.1) is 0 Å². The normalized spacial score (nSPS) is 14.9. The lowest BCUT2D eigenvalue weighted by Gasteiger charge is -2.16. The fourth-order valence-corrected chi connectivity index (χ4v) is 3.91. The molecule has 0 aliphatic carbocycles. The van der Waals surface area contributed by atoms with Crippen molar-refractivity contribution in [2.45, 2.75) is 33.2 Å². The minimum Gasteiger partial charge on any atom is -0.460 e. The van der Waals surface area contributed by atoms with Crippen LogP contribution in [0.4, 0.5) is 0 Å². The summed E-state index contributed by atoms with van der Waals surface area (Å²) in [5.41, 5.74) is 4.83. The van der Waals surface area contributed by atoms with Crippen LogP contribution in [0.15, 0.2) is 40.8 Å². The van der Waals surface area contributed by atoms with Crippen molar-refractivity contribution in [1.29, 1.82) is 0 Å². The molecule has 142 valence electrons. The number of aromatic nitrogens is 1. The number of nitrogens with zero attached hydrogens (tertiary/aromatic N) is 2. The number of carbonyl (C=O) groups excluding carboxylic acids is 1. The largest absolute Gasteiger partial charge is 0.460 e. The topological polar surface area (TPSA) is 50.4 Å². The van der Waals surface area contributed by atoms with Gasteiger partial charge in [-0.25, -0.2) is 0 Å². The zero-order valence-electron chi connectivity index (χ0n) is 16.1. The van der Waals surface area contributed by atoms with Crippen LogP contribution in [0.2, 0.25) is 0 Å². The Morgan fingerprint density at radius 3 is 2.70 bits per heavy atom. The second kappa shape index (κ2) is 7.61. The molecule has 27 heavy (non-hydrogen) atoms. The van der Waals surface area contributed by atoms with Crippen LogP contribution in [0.25, 0.3) is 11.1 Å². The maximum Gasteiger partial charge on any atom is 0.268 e. The Bertz CT molecular complexity index is 948. The van der Waals surface area contributed by atoms with Gasteiger partial charge in [-0.3, -0.25) is 4.79 Å². The molecule has 3 aromatic rings. The third-order valence-electron chi connectivity index (χ3n) is 5.45. The number of hydrogen-bond donors (Lipinski definition) is 1. The summed E-state index contributed by atoms with van der Waals surface area (Å²) in [7, 11) is 0. The van der Waals surface area contributed by atoms with Crippen molar-refractivity contribution in [3.05, 3.63) is 59.0 Å². The summed E-state index contributed by atoms with van der Waals surface area (Å²) in [5, 5.41) is 3.09. The number of hydrogen-bond acceptors (Lipinski definition) is 3. The summed E-state index contributed by atoms with van der Waals surface area (Å²) in [6.07, 6.45) is 2.53. The first-order valence-electron chi connectivity index (χ1n) is 9.76. The molecule has 5 nitrogen and oxygen atoms in total. The Balaban J connectivity index is 1.56. The van der Waals surface area contributed by atoms with Crippen LogP contribution < -0.4 is 5.32 Å². The van der Waals surface area contributed by atoms with Gasteiger partial charge in [-0.05, 0) is 50.9 Å². The summed E-state index contributed by atoms with van der Waals surface area (Å²) in [5.74, 6) is 0.825. The van der Waals surface area contributed by atoms with E-state index in [1.165, 1.54) is 24.0 Å². The molecule has 0 unspecified atom stereocenters. The number of furan rings is 1. The van der Waals surface area contributed by atoms with E-state index in [0.717, 1.165) is 36.5 Å². The molecule has 0 atom stereocenters. The van der Waals surface area contributed by atoms with Gasteiger partial charge in [-0.1, -0.05) is 24.3 Å². The number of amides is 1. The Hall–Kier alpha value is -2.53. The van der Waals surface area contributed by atoms with Gasteiger partial charge in [-0.2, -0.15) is 0 Å². The highest BCUT2D eigenvalue weighted by atomic mass is 16.3. The van der Waals surface area contributed by atoms with Gasteiger partial charge >= 0.3 is 0 Å². The first kappa shape index (κ1) is 17.9. The number of carbonyl (C=O) groups is 1. The minimum absolute atomic E-state index is 0.0353. The van der Waals surface area contributed by atoms with Crippen molar-refractivity contribution in [2.24, 2.45) is 0 Å². The summed E-state index contributed by atoms with van der Waals surface area (Å²) in [4.78, 5) is 15.3. The number of fused-ring (bicyclic) bond motifs is 1. The maximum atomic E-state index is 12.9. The Morgan fingerprint density at radius 2 is 1.93 bits per heavy atom. The van der Waals surface area contributed by atoms with Gasteiger partial charge in [0, 0.05) is 31.8 Å². The molecule has 0 radical (unpaired) electrons. The third-order valence-corrected chi connectivity index (χ3v) is 5.45. The standard InChI is InChI=1S/C22H27N3O2/c1-16-7-3-4-8-18(16)15-25-19-13-17(2)27-21(19)14-20(25)22(26)23-9-12-24-10-5-6-11-24/h3-4,7-8,13-14H,5-6,9-12,15H2,1-2H3,(H,23,26). The summed E-state index contributed by atoms with van der Waals surface area (Å²) in [6, 6.07) is 12.2. The molecule has 3 heterocycles. The third kappa shape index (κ3) is 3.78. The highest BCUT2D eigenvalue weighted by Gasteiger charge is 2.19. The Kier molecular flexibility index (Phi) is 5.03. The Morgan fingerprint density at radius 1 is 1.15 bits per heavy atom. The van der Waals surface area contributed by atoms with Crippen molar-refractivity contribution in [1.82, 2.24) is 14.8 Å². The van der Waals surface area contributed by atoms with Crippen molar-refractivity contribution in [2.75, 3.05) is 26.2 Å². The Labute approximate surface area is 159 Å². The van der Waals surface area contributed by atoms with Crippen LogP contribution in [0, 0.1) is 13.8 Å². The molecule has 1 saturated heterocycles. The van der Waals surface area contributed by atoms with Gasteiger partial charge in [0.15, 0.2) is 5.58 Å². The summed E-state index contributed by atoms with van der Waals surface area (Å²) < 4.78 is 7.85. The highest BCUT2D eigenvalue weighted by Crippen LogP contribution is 2.25. The SMILES string of the molecule is Cc1cc2c(cc(C(=O)NCCN3CCCC3)n2Cc2ccccc2C)o1. The number of benzene rings is 1. The first-order valence-corrected chi connectivity index (χ1v) is 9.76. The number of rotatable bonds is 6. The van der Waals surface area contributed by atoms with E-state index in [-0.39, 0.29) is 5.91 Å². The summed E-state index contributed by atoms with van der Waals surface area (Å²) >= 11 is 0. The zero-order chi connectivity index (χ0) is 18.8. The predicted octanol–water partition coefficient (Wildman–Crippen LogP) is 3.73. The fraction of sp³-hybridized carbons (Fsp3) is 0.409. The zero-order valence-corrected chi connectivity index (χ0v) is 16.1. The van der Waals surface area contributed by atoms with E-state index >= 15 is 0 Å². The van der Waals surface area contributed by atoms with Crippen LogP contribution in [-0.4, -0.2) is 41.6 Å². The molecule has 0 bridgehead atoms. The van der Waals surface area contributed by atoms with Gasteiger partial charge in [0.25, 0.3) is 5.91 Å². The van der Waals surface area contributed by atoms with E-state index in [0.29, 0.717) is 18.8 Å². The number of likely N-dealkylation sites (tertiary alicyclic amines) is 1. The lowest BCUT2D eigenvalue weighted by atomic mass is 10.1. The second-order valence-corrected chi connectivity index (χ2v) is 7.45. The van der Waals surface area contributed by atoms with Crippen molar-refractivity contribution >= 4 is 17.0 Å². The van der Waals surface area contributed by atoms with Crippen molar-refractivity contribution in [3.63, 3.8) is 0 Å². The van der Waals surface area contributed by atoms with Crippen molar-refractivity contribution in [3.8, 4) is 0 Å². The molecule has 1 aliphatic rings. The molecule has 1 aromatic carbocycles. The average molecular weight is 365 g/mol. The van der Waals surface area contributed by atoms with Gasteiger partial charge in [0.1, 0.15) is 11.5 Å². The molecular weight excluding hydrogens is 338 g/mol. The maximum absolute atomic E-state index is 12.9. The number of nitrogens with one attached hydrogen (secondary N) is 1. The van der Waals surface area contributed by atoms with Gasteiger partial charge in [0.05, 0.1) is 5.52 Å². The van der Waals surface area contributed by atoms with Gasteiger partial charge < -0.3 is 19.2 Å². The number of aryl methyl sites for hydroxylation is 2. The molecule has 1 amide bonds. The van der Waals surface area contributed by atoms with Crippen LogP contribution in [-0.2, 0) is 6.54 Å². The molecular formula is C22H27N3O2. The molecule has 5 heteroatoms. The van der Waals surface area contributed by atoms with E-state index in [9.17, 15) is 4.79 Å². The fourth-order valence-electron chi connectivity index (χ4n) is 3.91. The van der Waals surface area contributed by atoms with Crippen LogP contribution in [0.1, 0.15) is 40.2 Å². The van der Waals surface area contributed by atoms with Crippen LogP contribution in [0.3, 0.4) is 0 Å². The molecule has 1 fully saturated rings. The molecule has 0 spiro atoms. The quantitative estimate of drug-likeness (QED) is 0.724. The summed E-state index contributed by atoms with van der Waals surface area (Å²) in [6.45, 7) is 8.58. The molecule has 1 N–H and O–H groups in total. The average Bonchev–Trinajstić information content (AvgIpc) is 3.34. The second-order valence-electron chi connectivity index (χ2n) is 7.45. The van der Waals surface area contributed by atoms with Crippen LogP contribution >= 0.6 is 0 Å². The van der Waals surface area contributed by atoms with Crippen LogP contribution in [0.5, 0.6) is 0 Å². The highest BCUT2D eigenvalue weighted by molar-refractivity contribution is 5.97. The predicted molar refractivity (Wildman–Crippen MR) is 107 cm³/mol. The minimum atomic E-state index is -0.0353. The van der Waals surface area contributed by atoms with E-state index < -0.39 is 0 Å². The molecule has 4 rings (SSSR count). The lowest BCUT2D eigenvalue weighted by molar-refractivity contribution is 0.0941. The smallest absolute Gasteiger partial charge is 0.268 e. The lowest BCUT2D eigenvalue weighted by Crippen LogP contribution is -2.34.